The zero-order chi connectivity index (χ0) is 6.97. The Morgan fingerprint density at radius 2 is 2.30 bits per heavy atom. The van der Waals surface area contributed by atoms with Crippen LogP contribution in [0.4, 0.5) is 0 Å². The van der Waals surface area contributed by atoms with Crippen molar-refractivity contribution in [3.63, 3.8) is 0 Å². The van der Waals surface area contributed by atoms with Crippen molar-refractivity contribution < 1.29 is 9.52 Å². The normalized spacial score (nSPS) is 10.0. The molecular weight excluding hydrogens is 127 g/mol. The Labute approximate surface area is 58.3 Å². The second kappa shape index (κ2) is 1.87. The Bertz CT molecular complexity index is 353. The summed E-state index contributed by atoms with van der Waals surface area (Å²) < 4.78 is 5.04. The van der Waals surface area contributed by atoms with Crippen molar-refractivity contribution in [2.75, 3.05) is 0 Å². The number of rotatable bonds is 0. The van der Waals surface area contributed by atoms with E-state index >= 15 is 0 Å². The van der Waals surface area contributed by atoms with Gasteiger partial charge in [0.05, 0.1) is 0 Å². The van der Waals surface area contributed by atoms with Crippen LogP contribution in [0, 0.1) is 0 Å². The van der Waals surface area contributed by atoms with Gasteiger partial charge in [-0.1, -0.05) is 0 Å². The van der Waals surface area contributed by atoms with Crippen molar-refractivity contribution in [1.29, 1.82) is 0 Å². The molecule has 0 atom stereocenters. The van der Waals surface area contributed by atoms with Crippen LogP contribution in [0.1, 0.15) is 0 Å². The predicted molar refractivity (Wildman–Crippen MR) is 39.2 cm³/mol. The Hall–Kier alpha value is -1.25. The number of hydrogen-bond donors (Lipinski definition) is 1. The Morgan fingerprint density at radius 1 is 1.40 bits per heavy atom. The van der Waals surface area contributed by atoms with Crippen LogP contribution in [0.5, 0.6) is 5.75 Å². The van der Waals surface area contributed by atoms with Gasteiger partial charge in [0.15, 0.2) is 0 Å². The molecule has 0 unspecified atom stereocenters. The second-order valence-corrected chi connectivity index (χ2v) is 2.14. The minimum absolute atomic E-state index is 0.238. The van der Waals surface area contributed by atoms with Crippen LogP contribution in [0.25, 0.3) is 10.9 Å². The molecule has 0 radical (unpaired) electrons. The predicted octanol–water partition coefficient (Wildman–Crippen LogP) is 1.48. The minimum atomic E-state index is 0.238. The molecule has 10 heavy (non-hydrogen) atoms. The van der Waals surface area contributed by atoms with Gasteiger partial charge in [-0.2, -0.15) is 0 Å². The molecule has 0 aliphatic rings. The molecule has 2 rings (SSSR count). The number of hydrogen-bond acceptors (Lipinski definition) is 2. The van der Waals surface area contributed by atoms with Crippen molar-refractivity contribution in [2.45, 2.75) is 0 Å². The first kappa shape index (κ1) is 5.53. The first-order valence-corrected chi connectivity index (χ1v) is 3.02. The quantitative estimate of drug-likeness (QED) is 0.588. The summed E-state index contributed by atoms with van der Waals surface area (Å²) in [5, 5.41) is 10.0. The van der Waals surface area contributed by atoms with Gasteiger partial charge in [0.25, 0.3) is 0 Å². The Kier molecular flexibility index (Phi) is 1.03. The summed E-state index contributed by atoms with van der Waals surface area (Å²) in [4.78, 5) is 0. The van der Waals surface area contributed by atoms with Crippen molar-refractivity contribution in [3.8, 4) is 5.75 Å². The van der Waals surface area contributed by atoms with Crippen LogP contribution >= 0.6 is 0 Å². The van der Waals surface area contributed by atoms with Crippen LogP contribution in [-0.2, 0) is 0 Å². The monoisotopic (exact) mass is 132 g/mol. The van der Waals surface area contributed by atoms with E-state index in [0.29, 0.717) is 0 Å². The molecule has 0 amide bonds. The Balaban J connectivity index is 2.86. The average molecular weight is 132 g/mol. The molecule has 48 valence electrons. The van der Waals surface area contributed by atoms with Crippen LogP contribution < -0.4 is 0 Å². The number of phenols is 1. The van der Waals surface area contributed by atoms with Gasteiger partial charge in [-0.25, -0.2) is 0 Å². The fourth-order valence-electron chi connectivity index (χ4n) is 0.943. The van der Waals surface area contributed by atoms with Gasteiger partial charge < -0.3 is 0 Å². The summed E-state index contributed by atoms with van der Waals surface area (Å²) in [5.41, 5.74) is 0.722. The van der Waals surface area contributed by atoms with E-state index in [1.165, 1.54) is 0 Å². The van der Waals surface area contributed by atoms with E-state index in [9.17, 15) is 0 Å². The molecule has 0 aliphatic heterocycles. The van der Waals surface area contributed by atoms with Gasteiger partial charge in [-0.15, -0.1) is 0 Å². The second-order valence-electron chi connectivity index (χ2n) is 2.14. The topological polar surface area (TPSA) is 33.4 Å². The molecule has 1 N–H and O–H groups in total. The van der Waals surface area contributed by atoms with Gasteiger partial charge in [0.1, 0.15) is 0 Å². The van der Waals surface area contributed by atoms with Crippen molar-refractivity contribution in [1.82, 2.24) is 0 Å². The van der Waals surface area contributed by atoms with Crippen LogP contribution in [0.15, 0.2) is 28.8 Å². The molecule has 3 heteroatoms. The number of fused-ring (bicyclic) bond motifs is 1. The van der Waals surface area contributed by atoms with Crippen molar-refractivity contribution in [2.24, 2.45) is 0 Å². The van der Waals surface area contributed by atoms with Crippen LogP contribution in [0.2, 0.25) is 0 Å². The maximum absolute atomic E-state index is 8.99. The van der Waals surface area contributed by atoms with Gasteiger partial charge in [-0.3, -0.25) is 0 Å². The average Bonchev–Trinajstić information content (AvgIpc) is 2.33. The zero-order valence-corrected chi connectivity index (χ0v) is 5.24. The summed E-state index contributed by atoms with van der Waals surface area (Å²) in [6, 6.07) is 5.04. The molecule has 0 saturated heterocycles. The molecule has 2 nitrogen and oxygen atoms in total. The van der Waals surface area contributed by atoms with E-state index in [1.807, 2.05) is 13.0 Å². The molecule has 0 spiro atoms. The van der Waals surface area contributed by atoms with Gasteiger partial charge in [-0.05, 0) is 0 Å². The SMILES string of the molecule is Oc1ccc2bcoc2c1. The van der Waals surface area contributed by atoms with Crippen molar-refractivity contribution in [3.05, 3.63) is 24.4 Å². The van der Waals surface area contributed by atoms with Crippen LogP contribution in [0.3, 0.4) is 0 Å². The van der Waals surface area contributed by atoms with Gasteiger partial charge >= 0.3 is 57.4 Å². The summed E-state index contributed by atoms with van der Waals surface area (Å²) in [7, 11) is 0. The number of aromatic hydroxyl groups is 1. The maximum atomic E-state index is 8.99. The van der Waals surface area contributed by atoms with E-state index in [2.05, 4.69) is 0 Å². The fraction of sp³-hybridized carbons (Fsp3) is 0. The molecule has 1 heterocycles. The molecule has 0 fully saturated rings. The summed E-state index contributed by atoms with van der Waals surface area (Å²) in [6.45, 7) is 1.86. The van der Waals surface area contributed by atoms with Crippen LogP contribution in [-0.4, -0.2) is 12.0 Å². The molecule has 0 bridgehead atoms. The summed E-state index contributed by atoms with van der Waals surface area (Å²) >= 11 is 0. The Morgan fingerprint density at radius 3 is 3.20 bits per heavy atom. The van der Waals surface area contributed by atoms with E-state index < -0.39 is 0 Å². The third-order valence-electron chi connectivity index (χ3n) is 1.44. The van der Waals surface area contributed by atoms with Crippen molar-refractivity contribution >= 4 is 17.8 Å². The fourth-order valence-corrected chi connectivity index (χ4v) is 0.943. The number of phenolic OH excluding ortho intramolecular Hbond substituents is 1. The molecule has 0 saturated carbocycles. The zero-order valence-electron chi connectivity index (χ0n) is 5.24. The third-order valence-corrected chi connectivity index (χ3v) is 1.44. The van der Waals surface area contributed by atoms with E-state index in [-0.39, 0.29) is 5.75 Å². The number of benzene rings is 1. The summed E-state index contributed by atoms with van der Waals surface area (Å²) in [5.74, 6) is 0.238. The van der Waals surface area contributed by atoms with E-state index in [1.54, 1.807) is 18.3 Å². The molecule has 0 aliphatic carbocycles. The van der Waals surface area contributed by atoms with Gasteiger partial charge in [0, 0.05) is 0 Å². The standard InChI is InChI=1S/C7H5BO2/c9-5-1-2-6-7(3-5)10-4-8-6/h1-4,9H. The first-order valence-electron chi connectivity index (χ1n) is 3.02. The molecule has 1 aromatic carbocycles. The first-order chi connectivity index (χ1) is 4.86. The van der Waals surface area contributed by atoms with Gasteiger partial charge in [0.2, 0.25) is 0 Å². The summed E-state index contributed by atoms with van der Waals surface area (Å²) in [6.07, 6.45) is 1.60. The van der Waals surface area contributed by atoms with E-state index in [0.717, 1.165) is 10.9 Å². The third kappa shape index (κ3) is 0.710. The molecular formula is C7H5BO2. The molecule has 1 aromatic heterocycles. The van der Waals surface area contributed by atoms with E-state index in [4.69, 9.17) is 9.52 Å². The molecule has 2 aromatic rings.